The van der Waals surface area contributed by atoms with Crippen molar-refractivity contribution in [3.8, 4) is 0 Å². The molecule has 1 atom stereocenters. The maximum Gasteiger partial charge on any atom is 0.0485 e. The molecule has 1 unspecified atom stereocenters. The van der Waals surface area contributed by atoms with E-state index >= 15 is 0 Å². The Kier molecular flexibility index (Phi) is 3.41. The van der Waals surface area contributed by atoms with E-state index in [4.69, 9.17) is 4.74 Å². The summed E-state index contributed by atoms with van der Waals surface area (Å²) in [6.45, 7) is 1.82. The van der Waals surface area contributed by atoms with E-state index in [1.165, 1.54) is 18.5 Å². The van der Waals surface area contributed by atoms with E-state index in [2.05, 4.69) is 29.6 Å². The van der Waals surface area contributed by atoms with Crippen LogP contribution in [-0.2, 0) is 4.74 Å². The van der Waals surface area contributed by atoms with Gasteiger partial charge in [-0.3, -0.25) is 0 Å². The Hall–Kier alpha value is -1.02. The molecule has 1 aliphatic rings. The van der Waals surface area contributed by atoms with Gasteiger partial charge < -0.3 is 10.1 Å². The summed E-state index contributed by atoms with van der Waals surface area (Å²) in [5.74, 6) is 0. The summed E-state index contributed by atoms with van der Waals surface area (Å²) in [7, 11) is 0. The third-order valence-corrected chi connectivity index (χ3v) is 2.60. The Balaban J connectivity index is 1.90. The number of rotatable bonds is 2. The van der Waals surface area contributed by atoms with Crippen molar-refractivity contribution in [2.24, 2.45) is 0 Å². The summed E-state index contributed by atoms with van der Waals surface area (Å²) in [6, 6.07) is 11.0. The maximum atomic E-state index is 5.42. The monoisotopic (exact) mass is 191 g/mol. The highest BCUT2D eigenvalue weighted by atomic mass is 16.5. The van der Waals surface area contributed by atoms with E-state index in [-0.39, 0.29) is 0 Å². The molecule has 0 bridgehead atoms. The number of para-hydroxylation sites is 1. The first-order valence-corrected chi connectivity index (χ1v) is 5.34. The number of nitrogens with one attached hydrogen (secondary N) is 1. The number of ether oxygens (including phenoxy) is 1. The number of anilines is 1. The normalized spacial score (nSPS) is 22.7. The van der Waals surface area contributed by atoms with Gasteiger partial charge in [-0.25, -0.2) is 0 Å². The summed E-state index contributed by atoms with van der Waals surface area (Å²) >= 11 is 0. The lowest BCUT2D eigenvalue weighted by molar-refractivity contribution is 0.144. The van der Waals surface area contributed by atoms with E-state index in [9.17, 15) is 0 Å². The minimum Gasteiger partial charge on any atom is -0.382 e. The number of hydrogen-bond donors (Lipinski definition) is 1. The van der Waals surface area contributed by atoms with Gasteiger partial charge in [0, 0.05) is 24.9 Å². The highest BCUT2D eigenvalue weighted by Crippen LogP contribution is 2.14. The molecule has 1 fully saturated rings. The molecular weight excluding hydrogens is 174 g/mol. The third kappa shape index (κ3) is 2.74. The molecule has 76 valence electrons. The van der Waals surface area contributed by atoms with Crippen LogP contribution in [-0.4, -0.2) is 19.3 Å². The first kappa shape index (κ1) is 9.53. The van der Waals surface area contributed by atoms with Crippen LogP contribution in [0.4, 0.5) is 5.69 Å². The molecule has 0 radical (unpaired) electrons. The molecule has 0 saturated carbocycles. The van der Waals surface area contributed by atoms with Crippen molar-refractivity contribution in [1.29, 1.82) is 0 Å². The van der Waals surface area contributed by atoms with Crippen molar-refractivity contribution in [3.05, 3.63) is 30.3 Å². The van der Waals surface area contributed by atoms with Crippen molar-refractivity contribution < 1.29 is 4.74 Å². The molecule has 0 amide bonds. The van der Waals surface area contributed by atoms with Crippen LogP contribution in [0, 0.1) is 0 Å². The molecule has 2 rings (SSSR count). The molecule has 14 heavy (non-hydrogen) atoms. The Bertz CT molecular complexity index is 252. The summed E-state index contributed by atoms with van der Waals surface area (Å²) in [4.78, 5) is 0. The van der Waals surface area contributed by atoms with Gasteiger partial charge in [-0.2, -0.15) is 0 Å². The lowest BCUT2D eigenvalue weighted by atomic mass is 10.1. The molecule has 1 aromatic carbocycles. The molecule has 1 aliphatic heterocycles. The van der Waals surface area contributed by atoms with Crippen molar-refractivity contribution in [2.45, 2.75) is 25.3 Å². The van der Waals surface area contributed by atoms with Crippen LogP contribution in [0.25, 0.3) is 0 Å². The van der Waals surface area contributed by atoms with Gasteiger partial charge in [-0.05, 0) is 31.4 Å². The molecule has 0 aliphatic carbocycles. The van der Waals surface area contributed by atoms with Gasteiger partial charge in [0.15, 0.2) is 0 Å². The van der Waals surface area contributed by atoms with Crippen LogP contribution >= 0.6 is 0 Å². The Labute approximate surface area is 85.3 Å². The highest BCUT2D eigenvalue weighted by molar-refractivity contribution is 5.43. The van der Waals surface area contributed by atoms with Crippen LogP contribution in [0.5, 0.6) is 0 Å². The zero-order valence-electron chi connectivity index (χ0n) is 8.41. The zero-order valence-corrected chi connectivity index (χ0v) is 8.41. The van der Waals surface area contributed by atoms with Crippen LogP contribution < -0.4 is 5.32 Å². The van der Waals surface area contributed by atoms with Crippen LogP contribution in [0.1, 0.15) is 19.3 Å². The van der Waals surface area contributed by atoms with Gasteiger partial charge >= 0.3 is 0 Å². The van der Waals surface area contributed by atoms with E-state index in [1.807, 2.05) is 6.07 Å². The standard InChI is InChI=1S/C12H17NO/c1-2-5-11(6-3-1)13-12-7-4-9-14-10-8-12/h1-3,5-6,12-13H,4,7-10H2. The molecule has 1 aromatic rings. The highest BCUT2D eigenvalue weighted by Gasteiger charge is 2.11. The Morgan fingerprint density at radius 1 is 1.07 bits per heavy atom. The van der Waals surface area contributed by atoms with Crippen molar-refractivity contribution in [1.82, 2.24) is 0 Å². The third-order valence-electron chi connectivity index (χ3n) is 2.60. The molecular formula is C12H17NO. The maximum absolute atomic E-state index is 5.42. The molecule has 2 nitrogen and oxygen atoms in total. The predicted octanol–water partition coefficient (Wildman–Crippen LogP) is 2.67. The average Bonchev–Trinajstić information content (AvgIpc) is 2.48. The second kappa shape index (κ2) is 5.01. The van der Waals surface area contributed by atoms with Gasteiger partial charge in [0.25, 0.3) is 0 Å². The lowest BCUT2D eigenvalue weighted by Crippen LogP contribution is -2.19. The topological polar surface area (TPSA) is 21.3 Å². The van der Waals surface area contributed by atoms with E-state index in [0.29, 0.717) is 6.04 Å². The van der Waals surface area contributed by atoms with Gasteiger partial charge in [-0.1, -0.05) is 18.2 Å². The van der Waals surface area contributed by atoms with Crippen LogP contribution in [0.2, 0.25) is 0 Å². The summed E-state index contributed by atoms with van der Waals surface area (Å²) in [5, 5.41) is 3.54. The molecule has 0 spiro atoms. The molecule has 1 heterocycles. The zero-order chi connectivity index (χ0) is 9.64. The molecule has 1 saturated heterocycles. The summed E-state index contributed by atoms with van der Waals surface area (Å²) < 4.78 is 5.42. The number of hydrogen-bond acceptors (Lipinski definition) is 2. The smallest absolute Gasteiger partial charge is 0.0485 e. The predicted molar refractivity (Wildman–Crippen MR) is 58.5 cm³/mol. The van der Waals surface area contributed by atoms with Gasteiger partial charge in [0.05, 0.1) is 0 Å². The van der Waals surface area contributed by atoms with Gasteiger partial charge in [0.2, 0.25) is 0 Å². The van der Waals surface area contributed by atoms with Crippen molar-refractivity contribution in [3.63, 3.8) is 0 Å². The van der Waals surface area contributed by atoms with E-state index in [0.717, 1.165) is 19.6 Å². The van der Waals surface area contributed by atoms with Crippen molar-refractivity contribution in [2.75, 3.05) is 18.5 Å². The number of benzene rings is 1. The van der Waals surface area contributed by atoms with Crippen LogP contribution in [0.15, 0.2) is 30.3 Å². The Morgan fingerprint density at radius 3 is 2.79 bits per heavy atom. The second-order valence-corrected chi connectivity index (χ2v) is 3.75. The quantitative estimate of drug-likeness (QED) is 0.776. The van der Waals surface area contributed by atoms with Gasteiger partial charge in [0.1, 0.15) is 0 Å². The SMILES string of the molecule is c1ccc(NC2CCCOCC2)cc1. The largest absolute Gasteiger partial charge is 0.382 e. The first-order chi connectivity index (χ1) is 6.95. The second-order valence-electron chi connectivity index (χ2n) is 3.75. The average molecular weight is 191 g/mol. The molecule has 1 N–H and O–H groups in total. The fraction of sp³-hybridized carbons (Fsp3) is 0.500. The Morgan fingerprint density at radius 2 is 1.93 bits per heavy atom. The van der Waals surface area contributed by atoms with Gasteiger partial charge in [-0.15, -0.1) is 0 Å². The fourth-order valence-corrected chi connectivity index (χ4v) is 1.82. The van der Waals surface area contributed by atoms with E-state index < -0.39 is 0 Å². The molecule has 2 heteroatoms. The van der Waals surface area contributed by atoms with Crippen LogP contribution in [0.3, 0.4) is 0 Å². The lowest BCUT2D eigenvalue weighted by Gasteiger charge is -2.16. The van der Waals surface area contributed by atoms with Crippen molar-refractivity contribution >= 4 is 5.69 Å². The minimum absolute atomic E-state index is 0.583. The first-order valence-electron chi connectivity index (χ1n) is 5.34. The van der Waals surface area contributed by atoms with E-state index in [1.54, 1.807) is 0 Å². The summed E-state index contributed by atoms with van der Waals surface area (Å²) in [5.41, 5.74) is 1.22. The minimum atomic E-state index is 0.583. The molecule has 0 aromatic heterocycles. The summed E-state index contributed by atoms with van der Waals surface area (Å²) in [6.07, 6.45) is 3.51. The fourth-order valence-electron chi connectivity index (χ4n) is 1.82.